The number of esters is 3. The van der Waals surface area contributed by atoms with Gasteiger partial charge in [-0.3, -0.25) is 14.4 Å². The van der Waals surface area contributed by atoms with E-state index in [-0.39, 0.29) is 31.1 Å². The second-order valence-corrected chi connectivity index (χ2v) is 23.1. The molecule has 0 bridgehead atoms. The van der Waals surface area contributed by atoms with Gasteiger partial charge in [0.15, 0.2) is 6.10 Å². The van der Waals surface area contributed by atoms with E-state index in [1.54, 1.807) is 0 Å². The quantitative estimate of drug-likeness (QED) is 0.0261. The number of carbonyl (C=O) groups excluding carboxylic acids is 3. The van der Waals surface area contributed by atoms with Crippen LogP contribution >= 0.6 is 0 Å². The lowest BCUT2D eigenvalue weighted by Crippen LogP contribution is -2.30. The van der Waals surface area contributed by atoms with Gasteiger partial charge < -0.3 is 14.2 Å². The number of ether oxygens (including phenoxy) is 3. The summed E-state index contributed by atoms with van der Waals surface area (Å²) in [4.78, 5) is 38.4. The monoisotopic (exact) mass is 1130 g/mol. The first kappa shape index (κ1) is 77.3. The Morgan fingerprint density at radius 2 is 0.481 bits per heavy atom. The van der Waals surface area contributed by atoms with Crippen LogP contribution in [-0.4, -0.2) is 37.2 Å². The molecule has 0 radical (unpaired) electrons. The van der Waals surface area contributed by atoms with Crippen LogP contribution in [0.2, 0.25) is 0 Å². The van der Waals surface area contributed by atoms with E-state index in [9.17, 15) is 14.4 Å². The van der Waals surface area contributed by atoms with Crippen molar-refractivity contribution in [3.8, 4) is 0 Å². The average Bonchev–Trinajstić information content (AvgIpc) is 3.47. The van der Waals surface area contributed by atoms with Crippen LogP contribution in [0.4, 0.5) is 0 Å². The first-order valence-electron chi connectivity index (χ1n) is 34.7. The lowest BCUT2D eigenvalue weighted by molar-refractivity contribution is -0.167. The van der Waals surface area contributed by atoms with Crippen molar-refractivity contribution in [3.05, 3.63) is 97.2 Å². The Morgan fingerprint density at radius 1 is 0.259 bits per heavy atom. The largest absolute Gasteiger partial charge is 0.462 e. The molecule has 1 atom stereocenters. The molecule has 0 aromatic rings. The Bertz CT molecular complexity index is 1580. The summed E-state index contributed by atoms with van der Waals surface area (Å²) in [7, 11) is 0. The van der Waals surface area contributed by atoms with Crippen molar-refractivity contribution in [1.82, 2.24) is 0 Å². The molecule has 0 saturated heterocycles. The normalized spacial score (nSPS) is 12.7. The maximum absolute atomic E-state index is 12.9. The molecule has 1 unspecified atom stereocenters. The number of hydrogen-bond donors (Lipinski definition) is 0. The molecule has 466 valence electrons. The zero-order chi connectivity index (χ0) is 58.5. The van der Waals surface area contributed by atoms with Crippen molar-refractivity contribution in [2.75, 3.05) is 13.2 Å². The van der Waals surface area contributed by atoms with Crippen LogP contribution < -0.4 is 0 Å². The van der Waals surface area contributed by atoms with Crippen molar-refractivity contribution in [1.29, 1.82) is 0 Å². The minimum absolute atomic E-state index is 0.0805. The van der Waals surface area contributed by atoms with Crippen molar-refractivity contribution in [2.45, 2.75) is 348 Å². The van der Waals surface area contributed by atoms with Gasteiger partial charge in [-0.1, -0.05) is 298 Å². The molecule has 0 aromatic heterocycles. The van der Waals surface area contributed by atoms with Gasteiger partial charge in [0.25, 0.3) is 0 Å². The van der Waals surface area contributed by atoms with Gasteiger partial charge in [0.05, 0.1) is 0 Å². The third-order valence-electron chi connectivity index (χ3n) is 15.0. The highest BCUT2D eigenvalue weighted by atomic mass is 16.6. The molecule has 81 heavy (non-hydrogen) atoms. The van der Waals surface area contributed by atoms with Gasteiger partial charge in [-0.05, 0) is 122 Å². The van der Waals surface area contributed by atoms with Crippen LogP contribution in [0.3, 0.4) is 0 Å². The predicted octanol–water partition coefficient (Wildman–Crippen LogP) is 24.0. The third kappa shape index (κ3) is 67.0. The Morgan fingerprint density at radius 3 is 0.790 bits per heavy atom. The molecular formula is C75H130O6. The molecule has 0 aromatic carbocycles. The molecule has 0 spiro atoms. The van der Waals surface area contributed by atoms with Gasteiger partial charge in [0.1, 0.15) is 13.2 Å². The van der Waals surface area contributed by atoms with E-state index in [1.165, 1.54) is 199 Å². The third-order valence-corrected chi connectivity index (χ3v) is 15.0. The standard InChI is InChI=1S/C75H130O6/c1-4-7-10-13-16-19-22-25-28-31-32-33-34-35-36-37-38-39-40-41-42-45-47-50-53-56-59-62-65-68-74(77)80-71-72(81-75(78)69-66-63-60-57-54-51-48-44-30-27-24-21-18-15-12-9-6-3)70-79-73(76)67-64-61-58-55-52-49-46-43-29-26-23-20-17-14-11-8-5-2/h7,10,16,18-19,21,25-30,32-33,35-36,72H,4-6,8-9,11-15,17,20,22-24,31,34,37-71H2,1-3H3/b10-7-,19-16-,21-18-,28-25-,29-26-,30-27-,33-32-,36-35-. The molecule has 0 rings (SSSR count). The second-order valence-electron chi connectivity index (χ2n) is 23.1. The molecule has 6 nitrogen and oxygen atoms in total. The van der Waals surface area contributed by atoms with Crippen LogP contribution in [0.25, 0.3) is 0 Å². The molecule has 0 aliphatic rings. The summed E-state index contributed by atoms with van der Waals surface area (Å²) in [5.41, 5.74) is 0. The molecule has 0 saturated carbocycles. The SMILES string of the molecule is CC/C=C\C/C=C\C/C=C\C/C=C\C/C=C\CCCCCCCCCCCCCCCC(=O)OCC(COC(=O)CCCCCCCCC/C=C\CCCCCCCC)OC(=O)CCCCCCCCC/C=C\C/C=C\CCCCC. The maximum Gasteiger partial charge on any atom is 0.306 e. The van der Waals surface area contributed by atoms with Crippen LogP contribution in [-0.2, 0) is 28.6 Å². The minimum atomic E-state index is -0.785. The fraction of sp³-hybridized carbons (Fsp3) is 0.747. The Kier molecular flexibility index (Phi) is 65.7. The van der Waals surface area contributed by atoms with Crippen LogP contribution in [0.15, 0.2) is 97.2 Å². The van der Waals surface area contributed by atoms with Gasteiger partial charge in [-0.15, -0.1) is 0 Å². The molecular weight excluding hydrogens is 997 g/mol. The summed E-state index contributed by atoms with van der Waals surface area (Å²) in [5.74, 6) is -0.878. The number of rotatable bonds is 63. The van der Waals surface area contributed by atoms with Gasteiger partial charge in [-0.2, -0.15) is 0 Å². The molecule has 0 amide bonds. The second kappa shape index (κ2) is 68.8. The zero-order valence-corrected chi connectivity index (χ0v) is 53.5. The van der Waals surface area contributed by atoms with Crippen LogP contribution in [0, 0.1) is 0 Å². The highest BCUT2D eigenvalue weighted by Gasteiger charge is 2.19. The summed E-state index contributed by atoms with van der Waals surface area (Å²) >= 11 is 0. The molecule has 6 heteroatoms. The Hall–Kier alpha value is -3.67. The van der Waals surface area contributed by atoms with Crippen molar-refractivity contribution >= 4 is 17.9 Å². The lowest BCUT2D eigenvalue weighted by Gasteiger charge is -2.18. The summed E-state index contributed by atoms with van der Waals surface area (Å²) in [6, 6.07) is 0. The summed E-state index contributed by atoms with van der Waals surface area (Å²) in [6.07, 6.45) is 92.8. The Balaban J connectivity index is 4.30. The van der Waals surface area contributed by atoms with E-state index in [4.69, 9.17) is 14.2 Å². The van der Waals surface area contributed by atoms with Crippen LogP contribution in [0.5, 0.6) is 0 Å². The average molecular weight is 1130 g/mol. The number of hydrogen-bond acceptors (Lipinski definition) is 6. The van der Waals surface area contributed by atoms with Crippen molar-refractivity contribution in [2.24, 2.45) is 0 Å². The van der Waals surface area contributed by atoms with E-state index in [2.05, 4.69) is 118 Å². The first-order chi connectivity index (χ1) is 40.0. The summed E-state index contributed by atoms with van der Waals surface area (Å²) in [6.45, 7) is 6.53. The van der Waals surface area contributed by atoms with E-state index < -0.39 is 6.10 Å². The fourth-order valence-corrected chi connectivity index (χ4v) is 9.85. The maximum atomic E-state index is 12.9. The van der Waals surface area contributed by atoms with Gasteiger partial charge in [-0.25, -0.2) is 0 Å². The van der Waals surface area contributed by atoms with E-state index >= 15 is 0 Å². The van der Waals surface area contributed by atoms with Gasteiger partial charge in [0, 0.05) is 19.3 Å². The number of allylic oxidation sites excluding steroid dienone is 16. The molecule has 0 heterocycles. The van der Waals surface area contributed by atoms with Crippen molar-refractivity contribution < 1.29 is 28.6 Å². The highest BCUT2D eigenvalue weighted by Crippen LogP contribution is 2.17. The van der Waals surface area contributed by atoms with E-state index in [1.807, 2.05) is 0 Å². The number of carbonyl (C=O) groups is 3. The lowest BCUT2D eigenvalue weighted by atomic mass is 10.0. The highest BCUT2D eigenvalue weighted by molar-refractivity contribution is 5.71. The first-order valence-corrected chi connectivity index (χ1v) is 34.7. The molecule has 0 N–H and O–H groups in total. The van der Waals surface area contributed by atoms with E-state index in [0.29, 0.717) is 19.3 Å². The minimum Gasteiger partial charge on any atom is -0.462 e. The molecule has 0 fully saturated rings. The Labute approximate surface area is 502 Å². The van der Waals surface area contributed by atoms with E-state index in [0.717, 1.165) is 103 Å². The smallest absolute Gasteiger partial charge is 0.306 e. The number of unbranched alkanes of at least 4 members (excludes halogenated alkanes) is 36. The molecule has 0 aliphatic heterocycles. The van der Waals surface area contributed by atoms with Crippen molar-refractivity contribution in [3.63, 3.8) is 0 Å². The molecule has 0 aliphatic carbocycles. The topological polar surface area (TPSA) is 78.9 Å². The van der Waals surface area contributed by atoms with Gasteiger partial charge >= 0.3 is 17.9 Å². The summed E-state index contributed by atoms with van der Waals surface area (Å²) in [5, 5.41) is 0. The zero-order valence-electron chi connectivity index (χ0n) is 53.5. The van der Waals surface area contributed by atoms with Gasteiger partial charge in [0.2, 0.25) is 0 Å². The predicted molar refractivity (Wildman–Crippen MR) is 353 cm³/mol. The summed E-state index contributed by atoms with van der Waals surface area (Å²) < 4.78 is 17.0. The fourth-order valence-electron chi connectivity index (χ4n) is 9.85. The van der Waals surface area contributed by atoms with Crippen LogP contribution in [0.1, 0.15) is 342 Å².